The molecule has 9 nitrogen and oxygen atoms in total. The Morgan fingerprint density at radius 3 is 2.77 bits per heavy atom. The summed E-state index contributed by atoms with van der Waals surface area (Å²) < 4.78 is 46.0. The van der Waals surface area contributed by atoms with Gasteiger partial charge in [0.1, 0.15) is 10.8 Å². The minimum atomic E-state index is -2.50. The van der Waals surface area contributed by atoms with Crippen LogP contribution in [0.5, 0.6) is 5.75 Å². The molecule has 4 fully saturated rings. The first-order chi connectivity index (χ1) is 20.2. The van der Waals surface area contributed by atoms with Crippen LogP contribution in [0.15, 0.2) is 35.3 Å². The van der Waals surface area contributed by atoms with Crippen molar-refractivity contribution in [2.45, 2.75) is 50.3 Å². The molecule has 0 spiro atoms. The van der Waals surface area contributed by atoms with Crippen molar-refractivity contribution in [3.63, 3.8) is 0 Å². The monoisotopic (exact) mass is 561 g/mol. The summed E-state index contributed by atoms with van der Waals surface area (Å²) in [6.07, 6.45) is 6.10. The molecule has 2 saturated carbocycles. The highest BCUT2D eigenvalue weighted by Crippen LogP contribution is 2.47. The van der Waals surface area contributed by atoms with E-state index in [2.05, 4.69) is 15.3 Å². The van der Waals surface area contributed by atoms with Gasteiger partial charge in [-0.05, 0) is 68.2 Å². The van der Waals surface area contributed by atoms with E-state index < -0.39 is 7.04 Å². The molecule has 2 saturated heterocycles. The Morgan fingerprint density at radius 2 is 2.00 bits per heavy atom. The Morgan fingerprint density at radius 1 is 1.15 bits per heavy atom. The quantitative estimate of drug-likeness (QED) is 0.491. The van der Waals surface area contributed by atoms with Crippen LogP contribution in [-0.4, -0.2) is 75.1 Å². The standard InChI is InChI=1S/C29H39ClN4O5/c1-36-24-8-6-22(7-9-24)33(15-25-18-37-10-11-39-25)21-2-4-23(5-3-21)34-29(35)28(30)27(14-32-34)31-13-20-17-38-16-19-12-26(19)20/h6-9,14,19-21,23,25-26,31H,2-5,10-13,15-18H2,1H3/t19-,20+,21?,23?,25-,26-/m0/s1/i1D3. The van der Waals surface area contributed by atoms with E-state index in [4.69, 9.17) is 34.7 Å². The van der Waals surface area contributed by atoms with Crippen LogP contribution in [0, 0.1) is 17.8 Å². The van der Waals surface area contributed by atoms with Gasteiger partial charge in [-0.2, -0.15) is 5.10 Å². The number of rotatable bonds is 9. The fourth-order valence-electron chi connectivity index (χ4n) is 6.46. The van der Waals surface area contributed by atoms with Crippen molar-refractivity contribution in [1.82, 2.24) is 9.78 Å². The van der Waals surface area contributed by atoms with Crippen LogP contribution in [0.1, 0.15) is 42.3 Å². The van der Waals surface area contributed by atoms with E-state index in [1.54, 1.807) is 23.0 Å². The van der Waals surface area contributed by atoms with Crippen LogP contribution in [-0.2, 0) is 14.2 Å². The van der Waals surface area contributed by atoms with Gasteiger partial charge in [-0.3, -0.25) is 4.79 Å². The maximum atomic E-state index is 13.3. The van der Waals surface area contributed by atoms with E-state index >= 15 is 0 Å². The minimum absolute atomic E-state index is 0.0366. The second kappa shape index (κ2) is 12.0. The first-order valence-corrected chi connectivity index (χ1v) is 14.5. The maximum absolute atomic E-state index is 13.3. The van der Waals surface area contributed by atoms with E-state index in [0.717, 1.165) is 51.1 Å². The van der Waals surface area contributed by atoms with Crippen LogP contribution >= 0.6 is 11.6 Å². The fourth-order valence-corrected chi connectivity index (χ4v) is 6.66. The molecule has 1 N–H and O–H groups in total. The lowest BCUT2D eigenvalue weighted by Gasteiger charge is -2.40. The van der Waals surface area contributed by atoms with Gasteiger partial charge in [0.2, 0.25) is 0 Å². The van der Waals surface area contributed by atoms with Crippen LogP contribution in [0.25, 0.3) is 0 Å². The molecule has 2 aliphatic carbocycles. The molecule has 1 aromatic heterocycles. The molecule has 1 aromatic carbocycles. The van der Waals surface area contributed by atoms with E-state index in [9.17, 15) is 4.79 Å². The molecule has 2 aliphatic heterocycles. The molecule has 2 aromatic rings. The second-order valence-corrected chi connectivity index (χ2v) is 11.6. The zero-order valence-corrected chi connectivity index (χ0v) is 22.9. The van der Waals surface area contributed by atoms with Gasteiger partial charge in [0, 0.05) is 37.3 Å². The molecule has 6 rings (SSSR count). The molecular formula is C29H39ClN4O5. The number of anilines is 2. The summed E-state index contributed by atoms with van der Waals surface area (Å²) in [4.78, 5) is 15.6. The van der Waals surface area contributed by atoms with Crippen LogP contribution in [0.2, 0.25) is 5.02 Å². The summed E-state index contributed by atoms with van der Waals surface area (Å²) in [5.41, 5.74) is 1.28. The van der Waals surface area contributed by atoms with Gasteiger partial charge in [0.25, 0.3) is 5.56 Å². The topological polar surface area (TPSA) is 87.1 Å². The molecule has 0 radical (unpaired) electrons. The number of methoxy groups -OCH3 is 1. The number of nitrogens with one attached hydrogen (secondary N) is 1. The Bertz CT molecular complexity index is 1270. The van der Waals surface area contributed by atoms with Gasteiger partial charge in [-0.1, -0.05) is 11.6 Å². The maximum Gasteiger partial charge on any atom is 0.287 e. The zero-order valence-electron chi connectivity index (χ0n) is 25.1. The molecule has 10 heteroatoms. The first kappa shape index (κ1) is 23.4. The van der Waals surface area contributed by atoms with Gasteiger partial charge in [0.15, 0.2) is 0 Å². The van der Waals surface area contributed by atoms with Gasteiger partial charge in [-0.25, -0.2) is 4.68 Å². The number of aromatic nitrogens is 2. The normalized spacial score (nSPS) is 31.8. The van der Waals surface area contributed by atoms with Gasteiger partial charge in [-0.15, -0.1) is 0 Å². The molecule has 39 heavy (non-hydrogen) atoms. The summed E-state index contributed by atoms with van der Waals surface area (Å²) >= 11 is 6.56. The SMILES string of the molecule is [2H]C([2H])([2H])Oc1ccc(N(C[C@H]2COCCO2)C2CCC(n3ncc(NC[C@@H]4COC[C@@H]5C[C@H]45)c(Cl)c3=O)CC2)cc1. The number of hydrogen-bond acceptors (Lipinski definition) is 8. The van der Waals surface area contributed by atoms with Crippen molar-refractivity contribution >= 4 is 23.0 Å². The third-order valence-corrected chi connectivity index (χ3v) is 9.13. The van der Waals surface area contributed by atoms with Crippen LogP contribution in [0.4, 0.5) is 11.4 Å². The van der Waals surface area contributed by atoms with Crippen molar-refractivity contribution in [1.29, 1.82) is 0 Å². The summed E-state index contributed by atoms with van der Waals surface area (Å²) in [6.45, 7) is 4.68. The number of fused-ring (bicyclic) bond motifs is 1. The first-order valence-electron chi connectivity index (χ1n) is 15.6. The number of halogens is 1. The summed E-state index contributed by atoms with van der Waals surface area (Å²) in [6, 6.07) is 7.31. The Labute approximate surface area is 238 Å². The molecule has 4 atom stereocenters. The molecule has 212 valence electrons. The smallest absolute Gasteiger partial charge is 0.287 e. The van der Waals surface area contributed by atoms with Gasteiger partial charge in [0.05, 0.1) is 61.6 Å². The number of nitrogens with zero attached hydrogens (tertiary/aromatic N) is 3. The number of ether oxygens (including phenoxy) is 4. The van der Waals surface area contributed by atoms with Crippen molar-refractivity contribution < 1.29 is 23.1 Å². The van der Waals surface area contributed by atoms with E-state index in [-0.39, 0.29) is 28.8 Å². The predicted molar refractivity (Wildman–Crippen MR) is 150 cm³/mol. The van der Waals surface area contributed by atoms with Crippen molar-refractivity contribution in [3.05, 3.63) is 45.8 Å². The second-order valence-electron chi connectivity index (χ2n) is 11.2. The van der Waals surface area contributed by atoms with E-state index in [1.807, 2.05) is 12.1 Å². The average Bonchev–Trinajstić information content (AvgIpc) is 3.78. The fraction of sp³-hybridized carbons (Fsp3) is 0.655. The lowest BCUT2D eigenvalue weighted by molar-refractivity contribution is -0.0847. The minimum Gasteiger partial charge on any atom is -0.497 e. The highest BCUT2D eigenvalue weighted by atomic mass is 35.5. The largest absolute Gasteiger partial charge is 0.497 e. The highest BCUT2D eigenvalue weighted by Gasteiger charge is 2.45. The third kappa shape index (κ3) is 6.06. The van der Waals surface area contributed by atoms with Gasteiger partial charge >= 0.3 is 0 Å². The van der Waals surface area contributed by atoms with E-state index in [1.165, 1.54) is 6.42 Å². The molecule has 4 aliphatic rings. The Balaban J connectivity index is 1.10. The molecule has 0 unspecified atom stereocenters. The average molecular weight is 562 g/mol. The van der Waals surface area contributed by atoms with Crippen LogP contribution < -0.4 is 20.5 Å². The number of hydrogen-bond donors (Lipinski definition) is 1. The number of benzene rings is 1. The lowest BCUT2D eigenvalue weighted by Crippen LogP contribution is -2.46. The molecule has 0 bridgehead atoms. The van der Waals surface area contributed by atoms with E-state index in [0.29, 0.717) is 55.6 Å². The van der Waals surface area contributed by atoms with Gasteiger partial charge < -0.3 is 29.2 Å². The van der Waals surface area contributed by atoms with Crippen molar-refractivity contribution in [3.8, 4) is 5.75 Å². The van der Waals surface area contributed by atoms with Crippen molar-refractivity contribution in [2.24, 2.45) is 17.8 Å². The third-order valence-electron chi connectivity index (χ3n) is 8.77. The predicted octanol–water partition coefficient (Wildman–Crippen LogP) is 4.01. The summed E-state index contributed by atoms with van der Waals surface area (Å²) in [7, 11) is -2.50. The molecule has 0 amide bonds. The summed E-state index contributed by atoms with van der Waals surface area (Å²) in [5, 5.41) is 8.07. The summed E-state index contributed by atoms with van der Waals surface area (Å²) in [5.74, 6) is 2.14. The van der Waals surface area contributed by atoms with Crippen LogP contribution in [0.3, 0.4) is 0 Å². The lowest BCUT2D eigenvalue weighted by atomic mass is 9.89. The molecular weight excluding hydrogens is 520 g/mol. The Kier molecular flexibility index (Phi) is 7.22. The zero-order chi connectivity index (χ0) is 29.3. The molecule has 3 heterocycles. The van der Waals surface area contributed by atoms with Crippen molar-refractivity contribution in [2.75, 3.05) is 63.4 Å². The highest BCUT2D eigenvalue weighted by molar-refractivity contribution is 6.32. The Hall–Kier alpha value is -2.33.